The molecule has 2 rings (SSSR count). The Bertz CT molecular complexity index is 455. The molecule has 82 valence electrons. The third kappa shape index (κ3) is 2.57. The Morgan fingerprint density at radius 2 is 1.31 bits per heavy atom. The van der Waals surface area contributed by atoms with E-state index >= 15 is 0 Å². The van der Waals surface area contributed by atoms with E-state index in [0.717, 1.165) is 11.1 Å². The van der Waals surface area contributed by atoms with Crippen LogP contribution < -0.4 is 0 Å². The van der Waals surface area contributed by atoms with Crippen molar-refractivity contribution in [2.24, 2.45) is 0 Å². The normalized spacial score (nSPS) is 9.31. The van der Waals surface area contributed by atoms with Crippen LogP contribution in [0.25, 0.3) is 11.1 Å². The smallest absolute Gasteiger partial charge is 0.159 e. The SMILES string of the molecule is C.CC(=O)c1ccc(-c2ccccc2)cc1. The largest absolute Gasteiger partial charge is 0.295 e. The highest BCUT2D eigenvalue weighted by atomic mass is 16.1. The van der Waals surface area contributed by atoms with Crippen molar-refractivity contribution < 1.29 is 4.79 Å². The van der Waals surface area contributed by atoms with E-state index in [-0.39, 0.29) is 13.2 Å². The van der Waals surface area contributed by atoms with Gasteiger partial charge in [-0.05, 0) is 18.1 Å². The standard InChI is InChI=1S/C14H12O.CH4/c1-11(15)12-7-9-14(10-8-12)13-5-3-2-4-6-13;/h2-10H,1H3;1H4. The van der Waals surface area contributed by atoms with Crippen molar-refractivity contribution >= 4 is 5.78 Å². The summed E-state index contributed by atoms with van der Waals surface area (Å²) in [5.41, 5.74) is 3.07. The first-order valence-corrected chi connectivity index (χ1v) is 4.94. The van der Waals surface area contributed by atoms with Gasteiger partial charge in [-0.3, -0.25) is 4.79 Å². The first kappa shape index (κ1) is 12.2. The molecule has 0 fully saturated rings. The van der Waals surface area contributed by atoms with Crippen LogP contribution in [0.5, 0.6) is 0 Å². The number of ketones is 1. The van der Waals surface area contributed by atoms with Gasteiger partial charge in [-0.1, -0.05) is 62.0 Å². The van der Waals surface area contributed by atoms with E-state index in [4.69, 9.17) is 0 Å². The minimum Gasteiger partial charge on any atom is -0.295 e. The molecule has 0 radical (unpaired) electrons. The maximum absolute atomic E-state index is 11.1. The lowest BCUT2D eigenvalue weighted by atomic mass is 10.0. The lowest BCUT2D eigenvalue weighted by molar-refractivity contribution is 0.101. The molecular weight excluding hydrogens is 196 g/mol. The number of carbonyl (C=O) groups excluding carboxylic acids is 1. The molecule has 2 aromatic carbocycles. The number of hydrogen-bond donors (Lipinski definition) is 0. The van der Waals surface area contributed by atoms with Crippen molar-refractivity contribution in [1.82, 2.24) is 0 Å². The molecular formula is C15H16O. The van der Waals surface area contributed by atoms with Crippen LogP contribution in [0.15, 0.2) is 54.6 Å². The molecule has 2 aromatic rings. The molecule has 0 aromatic heterocycles. The molecule has 1 heteroatoms. The minimum absolute atomic E-state index is 0. The molecule has 0 saturated heterocycles. The van der Waals surface area contributed by atoms with Gasteiger partial charge in [-0.2, -0.15) is 0 Å². The van der Waals surface area contributed by atoms with Gasteiger partial charge in [-0.25, -0.2) is 0 Å². The van der Waals surface area contributed by atoms with E-state index < -0.39 is 0 Å². The van der Waals surface area contributed by atoms with Gasteiger partial charge < -0.3 is 0 Å². The van der Waals surface area contributed by atoms with Crippen molar-refractivity contribution in [1.29, 1.82) is 0 Å². The van der Waals surface area contributed by atoms with Crippen LogP contribution in [-0.2, 0) is 0 Å². The van der Waals surface area contributed by atoms with E-state index in [1.165, 1.54) is 5.56 Å². The molecule has 0 spiro atoms. The lowest BCUT2D eigenvalue weighted by Crippen LogP contribution is -1.90. The monoisotopic (exact) mass is 212 g/mol. The van der Waals surface area contributed by atoms with Crippen LogP contribution in [0.1, 0.15) is 24.7 Å². The second-order valence-electron chi connectivity index (χ2n) is 3.50. The zero-order chi connectivity index (χ0) is 10.7. The summed E-state index contributed by atoms with van der Waals surface area (Å²) in [6, 6.07) is 17.8. The topological polar surface area (TPSA) is 17.1 Å². The van der Waals surface area contributed by atoms with Gasteiger partial charge in [0, 0.05) is 5.56 Å². The van der Waals surface area contributed by atoms with Crippen LogP contribution in [0, 0.1) is 0 Å². The van der Waals surface area contributed by atoms with Crippen molar-refractivity contribution in [3.05, 3.63) is 60.2 Å². The fraction of sp³-hybridized carbons (Fsp3) is 0.133. The zero-order valence-electron chi connectivity index (χ0n) is 8.60. The molecule has 0 bridgehead atoms. The van der Waals surface area contributed by atoms with Gasteiger partial charge in [0.25, 0.3) is 0 Å². The number of carbonyl (C=O) groups is 1. The summed E-state index contributed by atoms with van der Waals surface area (Å²) in [6.07, 6.45) is 0. The summed E-state index contributed by atoms with van der Waals surface area (Å²) in [6.45, 7) is 1.58. The van der Waals surface area contributed by atoms with Crippen LogP contribution in [-0.4, -0.2) is 5.78 Å². The summed E-state index contributed by atoms with van der Waals surface area (Å²) in [5.74, 6) is 0.106. The third-order valence-electron chi connectivity index (χ3n) is 2.40. The number of rotatable bonds is 2. The summed E-state index contributed by atoms with van der Waals surface area (Å²) >= 11 is 0. The Morgan fingerprint density at radius 1 is 0.812 bits per heavy atom. The molecule has 0 aliphatic carbocycles. The molecule has 1 nitrogen and oxygen atoms in total. The van der Waals surface area contributed by atoms with E-state index in [9.17, 15) is 4.79 Å². The third-order valence-corrected chi connectivity index (χ3v) is 2.40. The summed E-state index contributed by atoms with van der Waals surface area (Å²) < 4.78 is 0. The van der Waals surface area contributed by atoms with Crippen molar-refractivity contribution in [3.63, 3.8) is 0 Å². The molecule has 0 atom stereocenters. The van der Waals surface area contributed by atoms with Gasteiger partial charge >= 0.3 is 0 Å². The number of hydrogen-bond acceptors (Lipinski definition) is 1. The van der Waals surface area contributed by atoms with E-state index in [0.29, 0.717) is 0 Å². The van der Waals surface area contributed by atoms with Crippen LogP contribution >= 0.6 is 0 Å². The van der Waals surface area contributed by atoms with Crippen LogP contribution in [0.4, 0.5) is 0 Å². The predicted octanol–water partition coefficient (Wildman–Crippen LogP) is 4.19. The Kier molecular flexibility index (Phi) is 4.01. The molecule has 0 heterocycles. The predicted molar refractivity (Wildman–Crippen MR) is 68.6 cm³/mol. The average molecular weight is 212 g/mol. The van der Waals surface area contributed by atoms with Gasteiger partial charge in [-0.15, -0.1) is 0 Å². The fourth-order valence-corrected chi connectivity index (χ4v) is 1.53. The molecule has 0 unspecified atom stereocenters. The molecule has 0 amide bonds. The molecule has 16 heavy (non-hydrogen) atoms. The first-order chi connectivity index (χ1) is 7.27. The quantitative estimate of drug-likeness (QED) is 0.682. The van der Waals surface area contributed by atoms with Crippen molar-refractivity contribution in [2.45, 2.75) is 14.4 Å². The minimum atomic E-state index is 0. The summed E-state index contributed by atoms with van der Waals surface area (Å²) in [4.78, 5) is 11.1. The van der Waals surface area contributed by atoms with E-state index in [2.05, 4.69) is 12.1 Å². The average Bonchev–Trinajstić information content (AvgIpc) is 2.30. The van der Waals surface area contributed by atoms with E-state index in [1.54, 1.807) is 6.92 Å². The Hall–Kier alpha value is -1.89. The summed E-state index contributed by atoms with van der Waals surface area (Å²) in [5, 5.41) is 0. The molecule has 0 aliphatic rings. The highest BCUT2D eigenvalue weighted by Crippen LogP contribution is 2.19. The zero-order valence-corrected chi connectivity index (χ0v) is 8.60. The second kappa shape index (κ2) is 5.26. The number of Topliss-reactive ketones (excluding diaryl/α,β-unsaturated/α-hetero) is 1. The maximum Gasteiger partial charge on any atom is 0.159 e. The second-order valence-corrected chi connectivity index (χ2v) is 3.50. The molecule has 0 N–H and O–H groups in total. The fourth-order valence-electron chi connectivity index (χ4n) is 1.53. The highest BCUT2D eigenvalue weighted by Gasteiger charge is 1.99. The van der Waals surface area contributed by atoms with Crippen LogP contribution in [0.3, 0.4) is 0 Å². The Morgan fingerprint density at radius 3 is 1.81 bits per heavy atom. The lowest BCUT2D eigenvalue weighted by Gasteiger charge is -2.01. The van der Waals surface area contributed by atoms with Gasteiger partial charge in [0.05, 0.1) is 0 Å². The highest BCUT2D eigenvalue weighted by molar-refractivity contribution is 5.94. The summed E-state index contributed by atoms with van der Waals surface area (Å²) in [7, 11) is 0. The molecule has 0 saturated carbocycles. The van der Waals surface area contributed by atoms with Crippen LogP contribution in [0.2, 0.25) is 0 Å². The first-order valence-electron chi connectivity index (χ1n) is 4.94. The maximum atomic E-state index is 11.1. The van der Waals surface area contributed by atoms with Gasteiger partial charge in [0.2, 0.25) is 0 Å². The van der Waals surface area contributed by atoms with Crippen molar-refractivity contribution in [2.75, 3.05) is 0 Å². The van der Waals surface area contributed by atoms with E-state index in [1.807, 2.05) is 42.5 Å². The Labute approximate surface area is 96.8 Å². The molecule has 0 aliphatic heterocycles. The number of benzene rings is 2. The van der Waals surface area contributed by atoms with Crippen molar-refractivity contribution in [3.8, 4) is 11.1 Å². The van der Waals surface area contributed by atoms with Gasteiger partial charge in [0.15, 0.2) is 5.78 Å². The van der Waals surface area contributed by atoms with Gasteiger partial charge in [0.1, 0.15) is 0 Å². The Balaban J connectivity index is 0.00000128.